The van der Waals surface area contributed by atoms with Crippen LogP contribution >= 0.6 is 11.6 Å². The van der Waals surface area contributed by atoms with E-state index in [0.29, 0.717) is 21.5 Å². The number of nitrogens with one attached hydrogen (secondary N) is 1. The molecule has 0 aliphatic carbocycles. The highest BCUT2D eigenvalue weighted by molar-refractivity contribution is 6.30. The van der Waals surface area contributed by atoms with Crippen LogP contribution in [0.15, 0.2) is 36.7 Å². The van der Waals surface area contributed by atoms with Crippen LogP contribution in [-0.4, -0.2) is 20.9 Å². The van der Waals surface area contributed by atoms with Gasteiger partial charge in [0.2, 0.25) is 5.96 Å². The Morgan fingerprint density at radius 1 is 1.41 bits per heavy atom. The van der Waals surface area contributed by atoms with E-state index in [-0.39, 0.29) is 5.96 Å². The normalized spacial score (nSPS) is 10.2. The van der Waals surface area contributed by atoms with Gasteiger partial charge < -0.3 is 5.73 Å². The first-order chi connectivity index (χ1) is 8.08. The fraction of sp³-hybridized carbons (Fsp3) is 0. The van der Waals surface area contributed by atoms with Gasteiger partial charge in [-0.1, -0.05) is 11.6 Å². The lowest BCUT2D eigenvalue weighted by Crippen LogP contribution is -2.32. The number of hydrogen-bond donors (Lipinski definition) is 3. The van der Waals surface area contributed by atoms with Gasteiger partial charge in [0.1, 0.15) is 0 Å². The van der Waals surface area contributed by atoms with Crippen LogP contribution in [0.4, 0.5) is 11.4 Å². The summed E-state index contributed by atoms with van der Waals surface area (Å²) >= 11 is 5.73. The van der Waals surface area contributed by atoms with E-state index < -0.39 is 0 Å². The standard InChI is InChI=1S/C10H10ClN5O/c11-7-1-3-9(4-2-7)16(17)10(13)15-6-8(12)5-14-15/h1-6,13,17H,12H2. The van der Waals surface area contributed by atoms with Crippen LogP contribution in [0.1, 0.15) is 0 Å². The van der Waals surface area contributed by atoms with E-state index in [0.717, 1.165) is 4.68 Å². The zero-order chi connectivity index (χ0) is 12.4. The monoisotopic (exact) mass is 251 g/mol. The Balaban J connectivity index is 2.23. The zero-order valence-electron chi connectivity index (χ0n) is 8.71. The number of benzene rings is 1. The second-order valence-corrected chi connectivity index (χ2v) is 3.77. The van der Waals surface area contributed by atoms with Gasteiger partial charge in [0.25, 0.3) is 0 Å². The third-order valence-corrected chi connectivity index (χ3v) is 2.34. The first-order valence-corrected chi connectivity index (χ1v) is 5.09. The van der Waals surface area contributed by atoms with Crippen molar-refractivity contribution in [3.63, 3.8) is 0 Å². The highest BCUT2D eigenvalue weighted by Crippen LogP contribution is 2.17. The Morgan fingerprint density at radius 3 is 2.59 bits per heavy atom. The van der Waals surface area contributed by atoms with E-state index in [1.165, 1.54) is 12.4 Å². The number of nitrogens with two attached hydrogens (primary N) is 1. The molecular formula is C10H10ClN5O. The maximum Gasteiger partial charge on any atom is 0.248 e. The molecule has 1 aromatic heterocycles. The number of anilines is 2. The van der Waals surface area contributed by atoms with Crippen LogP contribution in [0, 0.1) is 5.41 Å². The topological polar surface area (TPSA) is 91.2 Å². The molecule has 0 unspecified atom stereocenters. The molecule has 4 N–H and O–H groups in total. The van der Waals surface area contributed by atoms with Crippen molar-refractivity contribution in [2.75, 3.05) is 10.8 Å². The molecule has 0 radical (unpaired) electrons. The second-order valence-electron chi connectivity index (χ2n) is 3.33. The fourth-order valence-electron chi connectivity index (χ4n) is 1.25. The van der Waals surface area contributed by atoms with Gasteiger partial charge in [-0.2, -0.15) is 10.2 Å². The summed E-state index contributed by atoms with van der Waals surface area (Å²) in [5, 5.41) is 22.6. The van der Waals surface area contributed by atoms with E-state index in [1.54, 1.807) is 24.3 Å². The number of nitrogen functional groups attached to an aromatic ring is 1. The summed E-state index contributed by atoms with van der Waals surface area (Å²) in [6.45, 7) is 0. The Kier molecular flexibility index (Phi) is 2.99. The van der Waals surface area contributed by atoms with Crippen molar-refractivity contribution < 1.29 is 5.21 Å². The number of rotatable bonds is 1. The Labute approximate surface area is 102 Å². The van der Waals surface area contributed by atoms with Gasteiger partial charge in [0, 0.05) is 5.02 Å². The number of halogens is 1. The first kappa shape index (κ1) is 11.4. The molecule has 0 spiro atoms. The van der Waals surface area contributed by atoms with Gasteiger partial charge in [-0.3, -0.25) is 10.6 Å². The fourth-order valence-corrected chi connectivity index (χ4v) is 1.38. The molecular weight excluding hydrogens is 242 g/mol. The van der Waals surface area contributed by atoms with Crippen molar-refractivity contribution in [1.29, 1.82) is 5.41 Å². The van der Waals surface area contributed by atoms with Crippen molar-refractivity contribution >= 4 is 28.9 Å². The van der Waals surface area contributed by atoms with Crippen LogP contribution in [0.3, 0.4) is 0 Å². The quantitative estimate of drug-likeness (QED) is 0.409. The Hall–Kier alpha value is -2.05. The molecule has 0 atom stereocenters. The lowest BCUT2D eigenvalue weighted by atomic mass is 10.3. The van der Waals surface area contributed by atoms with Gasteiger partial charge in [-0.05, 0) is 24.3 Å². The minimum absolute atomic E-state index is 0.232. The molecule has 7 heteroatoms. The maximum atomic E-state index is 9.81. The molecule has 0 fully saturated rings. The van der Waals surface area contributed by atoms with Gasteiger partial charge in [0.05, 0.1) is 23.8 Å². The molecule has 1 aromatic carbocycles. The van der Waals surface area contributed by atoms with Gasteiger partial charge >= 0.3 is 0 Å². The Bertz CT molecular complexity index is 536. The maximum absolute atomic E-state index is 9.81. The largest absolute Gasteiger partial charge is 0.396 e. The molecule has 88 valence electrons. The van der Waals surface area contributed by atoms with Crippen molar-refractivity contribution in [3.05, 3.63) is 41.7 Å². The molecule has 0 saturated heterocycles. The van der Waals surface area contributed by atoms with E-state index in [2.05, 4.69) is 5.10 Å². The predicted octanol–water partition coefficient (Wildman–Crippen LogP) is 1.80. The Morgan fingerprint density at radius 2 is 2.06 bits per heavy atom. The summed E-state index contributed by atoms with van der Waals surface area (Å²) in [5.74, 6) is -0.232. The molecule has 6 nitrogen and oxygen atoms in total. The van der Waals surface area contributed by atoms with Crippen molar-refractivity contribution in [3.8, 4) is 0 Å². The number of aromatic nitrogens is 2. The van der Waals surface area contributed by atoms with E-state index in [4.69, 9.17) is 22.7 Å². The van der Waals surface area contributed by atoms with E-state index in [9.17, 15) is 5.21 Å². The summed E-state index contributed by atoms with van der Waals surface area (Å²) in [4.78, 5) is 0. The summed E-state index contributed by atoms with van der Waals surface area (Å²) in [7, 11) is 0. The van der Waals surface area contributed by atoms with Crippen LogP contribution in [0.2, 0.25) is 5.02 Å². The highest BCUT2D eigenvalue weighted by Gasteiger charge is 2.12. The number of hydroxylamine groups is 1. The number of nitrogens with zero attached hydrogens (tertiary/aromatic N) is 3. The number of hydrogen-bond acceptors (Lipinski definition) is 4. The van der Waals surface area contributed by atoms with Gasteiger partial charge in [-0.25, -0.2) is 4.68 Å². The van der Waals surface area contributed by atoms with Crippen LogP contribution in [-0.2, 0) is 0 Å². The highest BCUT2D eigenvalue weighted by atomic mass is 35.5. The van der Waals surface area contributed by atoms with E-state index in [1.807, 2.05) is 0 Å². The summed E-state index contributed by atoms with van der Waals surface area (Å²) in [6.07, 6.45) is 2.83. The molecule has 17 heavy (non-hydrogen) atoms. The predicted molar refractivity (Wildman–Crippen MR) is 65.5 cm³/mol. The molecule has 0 saturated carbocycles. The molecule has 2 rings (SSSR count). The molecule has 0 amide bonds. The second kappa shape index (κ2) is 4.44. The van der Waals surface area contributed by atoms with Crippen LogP contribution < -0.4 is 10.8 Å². The van der Waals surface area contributed by atoms with Crippen molar-refractivity contribution in [2.45, 2.75) is 0 Å². The molecule has 2 aromatic rings. The third-order valence-electron chi connectivity index (χ3n) is 2.09. The first-order valence-electron chi connectivity index (χ1n) is 4.71. The lowest BCUT2D eigenvalue weighted by Gasteiger charge is -2.16. The molecule has 0 aliphatic heterocycles. The summed E-state index contributed by atoms with van der Waals surface area (Å²) < 4.78 is 1.16. The minimum atomic E-state index is -0.232. The molecule has 1 heterocycles. The smallest absolute Gasteiger partial charge is 0.248 e. The third kappa shape index (κ3) is 2.38. The minimum Gasteiger partial charge on any atom is -0.396 e. The van der Waals surface area contributed by atoms with Crippen LogP contribution in [0.25, 0.3) is 0 Å². The van der Waals surface area contributed by atoms with Gasteiger partial charge in [-0.15, -0.1) is 0 Å². The lowest BCUT2D eigenvalue weighted by molar-refractivity contribution is 0.306. The SMILES string of the molecule is N=C(N(O)c1ccc(Cl)cc1)n1cc(N)cn1. The average molecular weight is 252 g/mol. The molecule has 0 aliphatic rings. The van der Waals surface area contributed by atoms with Crippen molar-refractivity contribution in [1.82, 2.24) is 9.78 Å². The zero-order valence-corrected chi connectivity index (χ0v) is 9.46. The molecule has 0 bridgehead atoms. The van der Waals surface area contributed by atoms with Crippen LogP contribution in [0.5, 0.6) is 0 Å². The van der Waals surface area contributed by atoms with Crippen molar-refractivity contribution in [2.24, 2.45) is 0 Å². The average Bonchev–Trinajstić information content (AvgIpc) is 2.75. The summed E-state index contributed by atoms with van der Waals surface area (Å²) in [6, 6.07) is 6.41. The van der Waals surface area contributed by atoms with E-state index >= 15 is 0 Å². The summed E-state index contributed by atoms with van der Waals surface area (Å²) in [5.41, 5.74) is 6.30. The van der Waals surface area contributed by atoms with Gasteiger partial charge in [0.15, 0.2) is 0 Å².